The summed E-state index contributed by atoms with van der Waals surface area (Å²) in [4.78, 5) is 11.8. The molecule has 0 aromatic carbocycles. The van der Waals surface area contributed by atoms with E-state index in [1.54, 1.807) is 4.57 Å². The van der Waals surface area contributed by atoms with Crippen LogP contribution in [-0.4, -0.2) is 28.3 Å². The molecule has 6 nitrogen and oxygen atoms in total. The standard InChI is InChI=1S/C16H26N4O2/c1-15(2,3)22-14(21)19-16(4,5)11-18-9-12-7-13(8-17)20(6)10-12/h7,10,18H,9,11H2,1-6H3,(H,19,21). The van der Waals surface area contributed by atoms with Crippen LogP contribution in [0.5, 0.6) is 0 Å². The quantitative estimate of drug-likeness (QED) is 0.875. The van der Waals surface area contributed by atoms with E-state index in [9.17, 15) is 4.79 Å². The summed E-state index contributed by atoms with van der Waals surface area (Å²) in [6.45, 7) is 10.6. The summed E-state index contributed by atoms with van der Waals surface area (Å²) in [6.07, 6.45) is 1.49. The van der Waals surface area contributed by atoms with Crippen molar-refractivity contribution < 1.29 is 9.53 Å². The number of nitrogens with zero attached hydrogens (tertiary/aromatic N) is 2. The zero-order chi connectivity index (χ0) is 17.0. The third-order valence-corrected chi connectivity index (χ3v) is 2.91. The molecule has 1 heterocycles. The van der Waals surface area contributed by atoms with Crippen LogP contribution in [0, 0.1) is 11.3 Å². The maximum absolute atomic E-state index is 11.8. The summed E-state index contributed by atoms with van der Waals surface area (Å²) in [5.41, 5.74) is 0.718. The van der Waals surface area contributed by atoms with E-state index in [0.717, 1.165) is 5.56 Å². The average Bonchev–Trinajstić information content (AvgIpc) is 2.65. The molecular formula is C16H26N4O2. The zero-order valence-corrected chi connectivity index (χ0v) is 14.3. The number of nitriles is 1. The van der Waals surface area contributed by atoms with Crippen molar-refractivity contribution in [3.8, 4) is 6.07 Å². The number of hydrogen-bond donors (Lipinski definition) is 2. The number of ether oxygens (including phenoxy) is 1. The van der Waals surface area contributed by atoms with Gasteiger partial charge in [0, 0.05) is 26.3 Å². The van der Waals surface area contributed by atoms with Crippen LogP contribution in [0.1, 0.15) is 45.9 Å². The summed E-state index contributed by atoms with van der Waals surface area (Å²) >= 11 is 0. The van der Waals surface area contributed by atoms with Gasteiger partial charge < -0.3 is 19.9 Å². The Morgan fingerprint density at radius 1 is 1.36 bits per heavy atom. The van der Waals surface area contributed by atoms with E-state index < -0.39 is 17.2 Å². The molecule has 0 radical (unpaired) electrons. The first-order valence-corrected chi connectivity index (χ1v) is 7.30. The van der Waals surface area contributed by atoms with Gasteiger partial charge in [-0.3, -0.25) is 0 Å². The normalized spacial score (nSPS) is 11.9. The number of hydrogen-bond acceptors (Lipinski definition) is 4. The molecule has 0 saturated carbocycles. The molecule has 1 aromatic rings. The van der Waals surface area contributed by atoms with E-state index in [-0.39, 0.29) is 0 Å². The molecule has 0 spiro atoms. The first-order chi connectivity index (χ1) is 10.0. The number of nitrogens with one attached hydrogen (secondary N) is 2. The second kappa shape index (κ2) is 6.84. The first-order valence-electron chi connectivity index (χ1n) is 7.30. The highest BCUT2D eigenvalue weighted by Crippen LogP contribution is 2.10. The van der Waals surface area contributed by atoms with Crippen LogP contribution in [0.2, 0.25) is 0 Å². The summed E-state index contributed by atoms with van der Waals surface area (Å²) in [5.74, 6) is 0. The lowest BCUT2D eigenvalue weighted by Gasteiger charge is -2.28. The topological polar surface area (TPSA) is 79.1 Å². The largest absolute Gasteiger partial charge is 0.444 e. The Hall–Kier alpha value is -2.00. The van der Waals surface area contributed by atoms with Crippen LogP contribution >= 0.6 is 0 Å². The molecule has 0 saturated heterocycles. The minimum atomic E-state index is -0.509. The Morgan fingerprint density at radius 3 is 2.50 bits per heavy atom. The number of amides is 1. The van der Waals surface area contributed by atoms with Crippen molar-refractivity contribution in [3.63, 3.8) is 0 Å². The fraction of sp³-hybridized carbons (Fsp3) is 0.625. The number of aromatic nitrogens is 1. The summed E-state index contributed by atoms with van der Waals surface area (Å²) in [5, 5.41) is 15.1. The van der Waals surface area contributed by atoms with Gasteiger partial charge in [0.05, 0.1) is 5.54 Å². The smallest absolute Gasteiger partial charge is 0.408 e. The van der Waals surface area contributed by atoms with Gasteiger partial charge in [-0.2, -0.15) is 5.26 Å². The highest BCUT2D eigenvalue weighted by molar-refractivity contribution is 5.68. The fourth-order valence-corrected chi connectivity index (χ4v) is 1.98. The number of rotatable bonds is 5. The Bertz CT molecular complexity index is 562. The number of carbonyl (C=O) groups excluding carboxylic acids is 1. The maximum atomic E-state index is 11.8. The number of aryl methyl sites for hydroxylation is 1. The molecular weight excluding hydrogens is 280 g/mol. The van der Waals surface area contributed by atoms with E-state index in [0.29, 0.717) is 18.8 Å². The molecule has 122 valence electrons. The van der Waals surface area contributed by atoms with Gasteiger partial charge in [0.1, 0.15) is 17.4 Å². The molecule has 0 fully saturated rings. The number of carbonyl (C=O) groups is 1. The molecule has 0 aliphatic carbocycles. The average molecular weight is 306 g/mol. The SMILES string of the molecule is Cn1cc(CNCC(C)(C)NC(=O)OC(C)(C)C)cc1C#N. The van der Waals surface area contributed by atoms with Crippen LogP contribution in [0.4, 0.5) is 4.79 Å². The summed E-state index contributed by atoms with van der Waals surface area (Å²) < 4.78 is 7.05. The van der Waals surface area contributed by atoms with Crippen molar-refractivity contribution in [2.45, 2.75) is 52.3 Å². The molecule has 2 N–H and O–H groups in total. The molecule has 1 amide bonds. The van der Waals surface area contributed by atoms with Crippen LogP contribution < -0.4 is 10.6 Å². The van der Waals surface area contributed by atoms with E-state index in [4.69, 9.17) is 10.00 Å². The van der Waals surface area contributed by atoms with Gasteiger partial charge in [-0.15, -0.1) is 0 Å². The molecule has 0 aliphatic rings. The van der Waals surface area contributed by atoms with Gasteiger partial charge in [-0.25, -0.2) is 4.79 Å². The van der Waals surface area contributed by atoms with Gasteiger partial charge >= 0.3 is 6.09 Å². The Kier molecular flexibility index (Phi) is 5.61. The summed E-state index contributed by atoms with van der Waals surface area (Å²) in [6, 6.07) is 3.98. The van der Waals surface area contributed by atoms with E-state index >= 15 is 0 Å². The van der Waals surface area contributed by atoms with Crippen molar-refractivity contribution in [1.82, 2.24) is 15.2 Å². The summed E-state index contributed by atoms with van der Waals surface area (Å²) in [7, 11) is 1.84. The van der Waals surface area contributed by atoms with E-state index in [2.05, 4.69) is 16.7 Å². The molecule has 6 heteroatoms. The molecule has 1 aromatic heterocycles. The Morgan fingerprint density at radius 2 is 2.00 bits per heavy atom. The van der Waals surface area contributed by atoms with E-state index in [1.807, 2.05) is 53.9 Å². The van der Waals surface area contributed by atoms with Gasteiger partial charge in [0.15, 0.2) is 0 Å². The lowest BCUT2D eigenvalue weighted by Crippen LogP contribution is -2.51. The third kappa shape index (κ3) is 6.19. The van der Waals surface area contributed by atoms with Crippen LogP contribution in [0.25, 0.3) is 0 Å². The minimum absolute atomic E-state index is 0.425. The molecule has 0 atom stereocenters. The van der Waals surface area contributed by atoms with Gasteiger partial charge in [-0.05, 0) is 46.2 Å². The Labute approximate surface area is 132 Å². The predicted octanol–water partition coefficient (Wildman–Crippen LogP) is 2.29. The zero-order valence-electron chi connectivity index (χ0n) is 14.3. The van der Waals surface area contributed by atoms with Crippen LogP contribution in [0.15, 0.2) is 12.3 Å². The van der Waals surface area contributed by atoms with Crippen molar-refractivity contribution in [2.24, 2.45) is 7.05 Å². The first kappa shape index (κ1) is 18.1. The van der Waals surface area contributed by atoms with Crippen molar-refractivity contribution in [1.29, 1.82) is 5.26 Å². The van der Waals surface area contributed by atoms with Crippen LogP contribution in [0.3, 0.4) is 0 Å². The predicted molar refractivity (Wildman–Crippen MR) is 85.3 cm³/mol. The highest BCUT2D eigenvalue weighted by Gasteiger charge is 2.24. The monoisotopic (exact) mass is 306 g/mol. The van der Waals surface area contributed by atoms with Crippen molar-refractivity contribution in [2.75, 3.05) is 6.54 Å². The second-order valence-electron chi connectivity index (χ2n) is 7.07. The van der Waals surface area contributed by atoms with Crippen molar-refractivity contribution in [3.05, 3.63) is 23.5 Å². The third-order valence-electron chi connectivity index (χ3n) is 2.91. The lowest BCUT2D eigenvalue weighted by molar-refractivity contribution is 0.0472. The van der Waals surface area contributed by atoms with Crippen LogP contribution in [-0.2, 0) is 18.3 Å². The minimum Gasteiger partial charge on any atom is -0.444 e. The number of alkyl carbamates (subject to hydrolysis) is 1. The second-order valence-corrected chi connectivity index (χ2v) is 7.07. The molecule has 22 heavy (non-hydrogen) atoms. The lowest BCUT2D eigenvalue weighted by atomic mass is 10.1. The molecule has 0 bridgehead atoms. The molecule has 1 rings (SSSR count). The Balaban J connectivity index is 2.45. The molecule has 0 aliphatic heterocycles. The van der Waals surface area contributed by atoms with E-state index in [1.165, 1.54) is 0 Å². The van der Waals surface area contributed by atoms with Gasteiger partial charge in [0.2, 0.25) is 0 Å². The van der Waals surface area contributed by atoms with Gasteiger partial charge in [-0.1, -0.05) is 0 Å². The van der Waals surface area contributed by atoms with Crippen molar-refractivity contribution >= 4 is 6.09 Å². The van der Waals surface area contributed by atoms with Gasteiger partial charge in [0.25, 0.3) is 0 Å². The fourth-order valence-electron chi connectivity index (χ4n) is 1.98. The maximum Gasteiger partial charge on any atom is 0.408 e. The molecule has 0 unspecified atom stereocenters. The highest BCUT2D eigenvalue weighted by atomic mass is 16.6.